The smallest absolute Gasteiger partial charge is 0.290 e. The van der Waals surface area contributed by atoms with Crippen molar-refractivity contribution >= 4 is 16.9 Å². The highest BCUT2D eigenvalue weighted by atomic mass is 16.5. The number of aryl methyl sites for hydroxylation is 1. The van der Waals surface area contributed by atoms with Gasteiger partial charge in [0.2, 0.25) is 5.76 Å². The van der Waals surface area contributed by atoms with Crippen molar-refractivity contribution in [2.45, 2.75) is 13.0 Å². The number of methoxy groups -OCH3 is 1. The molecule has 1 aliphatic heterocycles. The molecule has 2 heterocycles. The monoisotopic (exact) mass is 335 g/mol. The van der Waals surface area contributed by atoms with E-state index in [1.165, 1.54) is 4.90 Å². The van der Waals surface area contributed by atoms with E-state index < -0.39 is 6.04 Å². The third-order valence-electron chi connectivity index (χ3n) is 4.69. The van der Waals surface area contributed by atoms with E-state index in [1.807, 2.05) is 37.3 Å². The Bertz CT molecular complexity index is 1070. The van der Waals surface area contributed by atoms with Crippen molar-refractivity contribution in [2.75, 3.05) is 14.2 Å². The first-order chi connectivity index (χ1) is 12.0. The lowest BCUT2D eigenvalue weighted by molar-refractivity contribution is 0.0770. The normalized spacial score (nSPS) is 16.4. The predicted octanol–water partition coefficient (Wildman–Crippen LogP) is 3.29. The van der Waals surface area contributed by atoms with Crippen LogP contribution in [0.25, 0.3) is 11.0 Å². The first-order valence-corrected chi connectivity index (χ1v) is 8.00. The zero-order chi connectivity index (χ0) is 17.7. The van der Waals surface area contributed by atoms with E-state index in [9.17, 15) is 9.59 Å². The molecule has 1 aromatic heterocycles. The first-order valence-electron chi connectivity index (χ1n) is 8.00. The third-order valence-corrected chi connectivity index (χ3v) is 4.69. The summed E-state index contributed by atoms with van der Waals surface area (Å²) < 4.78 is 11.2. The van der Waals surface area contributed by atoms with Crippen molar-refractivity contribution in [2.24, 2.45) is 0 Å². The van der Waals surface area contributed by atoms with Crippen molar-refractivity contribution in [1.29, 1.82) is 0 Å². The zero-order valence-electron chi connectivity index (χ0n) is 14.2. The van der Waals surface area contributed by atoms with Crippen LogP contribution in [-0.4, -0.2) is 25.0 Å². The number of nitrogens with zero attached hydrogens (tertiary/aromatic N) is 1. The van der Waals surface area contributed by atoms with E-state index in [0.29, 0.717) is 22.3 Å². The van der Waals surface area contributed by atoms with E-state index >= 15 is 0 Å². The molecule has 0 radical (unpaired) electrons. The molecule has 1 aliphatic rings. The number of ether oxygens (including phenoxy) is 1. The highest BCUT2D eigenvalue weighted by Crippen LogP contribution is 2.40. The van der Waals surface area contributed by atoms with Crippen LogP contribution in [-0.2, 0) is 0 Å². The summed E-state index contributed by atoms with van der Waals surface area (Å²) in [5.41, 5.74) is 2.35. The van der Waals surface area contributed by atoms with Gasteiger partial charge in [0.25, 0.3) is 5.91 Å². The molecule has 126 valence electrons. The Balaban J connectivity index is 2.06. The summed E-state index contributed by atoms with van der Waals surface area (Å²) in [5.74, 6) is 0.439. The van der Waals surface area contributed by atoms with Crippen LogP contribution in [0.5, 0.6) is 5.75 Å². The Morgan fingerprint density at radius 3 is 2.64 bits per heavy atom. The van der Waals surface area contributed by atoms with Gasteiger partial charge >= 0.3 is 0 Å². The maximum Gasteiger partial charge on any atom is 0.290 e. The van der Waals surface area contributed by atoms with Gasteiger partial charge in [-0.05, 0) is 25.1 Å². The van der Waals surface area contributed by atoms with Crippen molar-refractivity contribution in [3.8, 4) is 5.75 Å². The number of amides is 1. The second-order valence-corrected chi connectivity index (χ2v) is 6.23. The first kappa shape index (κ1) is 15.4. The van der Waals surface area contributed by atoms with E-state index in [-0.39, 0.29) is 17.1 Å². The van der Waals surface area contributed by atoms with Gasteiger partial charge < -0.3 is 14.1 Å². The molecule has 0 spiro atoms. The molecular weight excluding hydrogens is 318 g/mol. The van der Waals surface area contributed by atoms with Crippen molar-refractivity contribution in [3.63, 3.8) is 0 Å². The average molecular weight is 335 g/mol. The molecule has 0 aliphatic carbocycles. The topological polar surface area (TPSA) is 59.8 Å². The van der Waals surface area contributed by atoms with Crippen LogP contribution in [0.1, 0.15) is 33.3 Å². The van der Waals surface area contributed by atoms with Crippen LogP contribution in [0.4, 0.5) is 0 Å². The van der Waals surface area contributed by atoms with Crippen LogP contribution < -0.4 is 10.2 Å². The van der Waals surface area contributed by atoms with E-state index in [2.05, 4.69) is 0 Å². The minimum atomic E-state index is -0.528. The second kappa shape index (κ2) is 5.48. The van der Waals surface area contributed by atoms with E-state index in [4.69, 9.17) is 9.15 Å². The Kier molecular flexibility index (Phi) is 3.39. The van der Waals surface area contributed by atoms with Crippen LogP contribution in [0.2, 0.25) is 0 Å². The molecule has 2 aromatic carbocycles. The fraction of sp³-hybridized carbons (Fsp3) is 0.200. The van der Waals surface area contributed by atoms with Gasteiger partial charge in [0.05, 0.1) is 24.1 Å². The van der Waals surface area contributed by atoms with Crippen LogP contribution >= 0.6 is 0 Å². The standard InChI is InChI=1S/C20H17NO4/c1-11-8-9-15-13(10-11)18(22)16-17(21(2)20(23)19(16)25-15)12-6-4-5-7-14(12)24-3/h4-10,17H,1-3H3/t17-/m0/s1. The molecule has 0 fully saturated rings. The van der Waals surface area contributed by atoms with Gasteiger partial charge in [0.15, 0.2) is 5.43 Å². The summed E-state index contributed by atoms with van der Waals surface area (Å²) in [7, 11) is 3.24. The van der Waals surface area contributed by atoms with Crippen molar-refractivity contribution in [3.05, 3.63) is 75.1 Å². The van der Waals surface area contributed by atoms with E-state index in [1.54, 1.807) is 26.3 Å². The SMILES string of the molecule is COc1ccccc1[C@H]1c2c(oc3ccc(C)cc3c2=O)C(=O)N1C. The number of rotatable bonds is 2. The quantitative estimate of drug-likeness (QED) is 0.721. The highest BCUT2D eigenvalue weighted by Gasteiger charge is 2.41. The number of benzene rings is 2. The molecule has 25 heavy (non-hydrogen) atoms. The molecule has 4 rings (SSSR count). The van der Waals surface area contributed by atoms with E-state index in [0.717, 1.165) is 11.1 Å². The molecule has 1 amide bonds. The fourth-order valence-electron chi connectivity index (χ4n) is 3.46. The van der Waals surface area contributed by atoms with Crippen LogP contribution in [0.3, 0.4) is 0 Å². The molecule has 1 atom stereocenters. The summed E-state index contributed by atoms with van der Waals surface area (Å²) in [6.07, 6.45) is 0. The molecule has 0 saturated heterocycles. The highest BCUT2D eigenvalue weighted by molar-refractivity contribution is 5.99. The van der Waals surface area contributed by atoms with Gasteiger partial charge in [0, 0.05) is 12.6 Å². The number of hydrogen-bond donors (Lipinski definition) is 0. The summed E-state index contributed by atoms with van der Waals surface area (Å²) in [4.78, 5) is 27.4. The Morgan fingerprint density at radius 1 is 1.12 bits per heavy atom. The van der Waals surface area contributed by atoms with Gasteiger partial charge in [-0.3, -0.25) is 9.59 Å². The summed E-state index contributed by atoms with van der Waals surface area (Å²) in [6.45, 7) is 1.92. The Labute approximate surface area is 144 Å². The molecule has 5 nitrogen and oxygen atoms in total. The van der Waals surface area contributed by atoms with Crippen molar-refractivity contribution in [1.82, 2.24) is 4.90 Å². The molecule has 3 aromatic rings. The van der Waals surface area contributed by atoms with Gasteiger partial charge in [-0.2, -0.15) is 0 Å². The number of para-hydroxylation sites is 1. The van der Waals surface area contributed by atoms with Gasteiger partial charge in [0.1, 0.15) is 11.3 Å². The van der Waals surface area contributed by atoms with Crippen molar-refractivity contribution < 1.29 is 13.9 Å². The van der Waals surface area contributed by atoms with Crippen LogP contribution in [0, 0.1) is 6.92 Å². The number of carbonyl (C=O) groups excluding carboxylic acids is 1. The second-order valence-electron chi connectivity index (χ2n) is 6.23. The lowest BCUT2D eigenvalue weighted by atomic mass is 9.97. The maximum atomic E-state index is 13.2. The fourth-order valence-corrected chi connectivity index (χ4v) is 3.46. The maximum absolute atomic E-state index is 13.2. The molecule has 0 bridgehead atoms. The number of fused-ring (bicyclic) bond motifs is 2. The zero-order valence-corrected chi connectivity index (χ0v) is 14.2. The van der Waals surface area contributed by atoms with Crippen LogP contribution in [0.15, 0.2) is 51.7 Å². The Morgan fingerprint density at radius 2 is 1.88 bits per heavy atom. The lowest BCUT2D eigenvalue weighted by Gasteiger charge is -2.22. The summed E-state index contributed by atoms with van der Waals surface area (Å²) in [5, 5.41) is 0.488. The average Bonchev–Trinajstić information content (AvgIpc) is 2.87. The summed E-state index contributed by atoms with van der Waals surface area (Å²) >= 11 is 0. The molecule has 5 heteroatoms. The molecular formula is C20H17NO4. The third kappa shape index (κ3) is 2.16. The largest absolute Gasteiger partial charge is 0.496 e. The molecule has 0 unspecified atom stereocenters. The number of hydrogen-bond acceptors (Lipinski definition) is 4. The van der Waals surface area contributed by atoms with Gasteiger partial charge in [-0.25, -0.2) is 0 Å². The Hall–Kier alpha value is -3.08. The minimum absolute atomic E-state index is 0.111. The van der Waals surface area contributed by atoms with Gasteiger partial charge in [-0.15, -0.1) is 0 Å². The lowest BCUT2D eigenvalue weighted by Crippen LogP contribution is -2.25. The molecule has 0 N–H and O–H groups in total. The van der Waals surface area contributed by atoms with Gasteiger partial charge in [-0.1, -0.05) is 29.8 Å². The summed E-state index contributed by atoms with van der Waals surface area (Å²) in [6, 6.07) is 12.3. The number of carbonyl (C=O) groups is 1. The minimum Gasteiger partial charge on any atom is -0.496 e. The predicted molar refractivity (Wildman–Crippen MR) is 94.2 cm³/mol. The molecule has 0 saturated carbocycles.